The van der Waals surface area contributed by atoms with Crippen molar-refractivity contribution < 1.29 is 19.5 Å². The van der Waals surface area contributed by atoms with Crippen LogP contribution in [0.25, 0.3) is 0 Å². The molecule has 1 heterocycles. The smallest absolute Gasteiger partial charge is 0.326 e. The summed E-state index contributed by atoms with van der Waals surface area (Å²) in [6.07, 6.45) is 1.22. The number of nitrogens with zero attached hydrogens (tertiary/aromatic N) is 2. The lowest BCUT2D eigenvalue weighted by molar-refractivity contribution is -0.141. The molecule has 0 spiro atoms. The molecule has 0 bridgehead atoms. The molecule has 6 heteroatoms. The van der Waals surface area contributed by atoms with E-state index in [9.17, 15) is 19.5 Å². The maximum atomic E-state index is 12.9. The molecule has 6 nitrogen and oxygen atoms in total. The lowest BCUT2D eigenvalue weighted by Gasteiger charge is -2.28. The number of fused-ring (bicyclic) bond motifs is 1. The summed E-state index contributed by atoms with van der Waals surface area (Å²) in [4.78, 5) is 39.3. The van der Waals surface area contributed by atoms with Gasteiger partial charge in [-0.15, -0.1) is 0 Å². The molecular weight excluding hydrogens is 344 g/mol. The Bertz CT molecular complexity index is 879. The number of hydrogen-bond acceptors (Lipinski definition) is 3. The number of likely N-dealkylation sites (N-methyl/N-ethyl adjacent to an activating group) is 1. The quantitative estimate of drug-likeness (QED) is 0.881. The van der Waals surface area contributed by atoms with Crippen LogP contribution in [0.5, 0.6) is 0 Å². The summed E-state index contributed by atoms with van der Waals surface area (Å²) >= 11 is 0. The Balaban J connectivity index is 1.83. The van der Waals surface area contributed by atoms with Gasteiger partial charge in [-0.3, -0.25) is 9.59 Å². The van der Waals surface area contributed by atoms with Crippen molar-refractivity contribution in [1.29, 1.82) is 0 Å². The minimum absolute atomic E-state index is 0.0486. The van der Waals surface area contributed by atoms with Crippen molar-refractivity contribution in [1.82, 2.24) is 4.90 Å². The fraction of sp³-hybridized carbons (Fsp3) is 0.286. The second-order valence-electron chi connectivity index (χ2n) is 6.76. The van der Waals surface area contributed by atoms with Crippen molar-refractivity contribution in [2.45, 2.75) is 25.3 Å². The number of carboxylic acids is 1. The van der Waals surface area contributed by atoms with Crippen LogP contribution in [0.1, 0.15) is 27.9 Å². The fourth-order valence-corrected chi connectivity index (χ4v) is 3.36. The number of rotatable bonds is 5. The normalized spacial score (nSPS) is 14.4. The molecule has 27 heavy (non-hydrogen) atoms. The zero-order valence-electron chi connectivity index (χ0n) is 15.4. The van der Waals surface area contributed by atoms with Crippen molar-refractivity contribution in [2.24, 2.45) is 0 Å². The maximum absolute atomic E-state index is 12.9. The Morgan fingerprint density at radius 3 is 2.52 bits per heavy atom. The first kappa shape index (κ1) is 18.6. The monoisotopic (exact) mass is 366 g/mol. The molecule has 1 N–H and O–H groups in total. The summed E-state index contributed by atoms with van der Waals surface area (Å²) in [5.74, 6) is -1.34. The molecule has 0 aromatic heterocycles. The second-order valence-corrected chi connectivity index (χ2v) is 6.76. The number of carbonyl (C=O) groups excluding carboxylic acids is 2. The molecule has 0 radical (unpaired) electrons. The molecule has 2 aromatic carbocycles. The third-order valence-electron chi connectivity index (χ3n) is 5.01. The van der Waals surface area contributed by atoms with E-state index >= 15 is 0 Å². The van der Waals surface area contributed by atoms with E-state index in [0.717, 1.165) is 16.8 Å². The van der Waals surface area contributed by atoms with Gasteiger partial charge in [-0.25, -0.2) is 4.79 Å². The number of anilines is 1. The van der Waals surface area contributed by atoms with Crippen LogP contribution in [0, 0.1) is 0 Å². The van der Waals surface area contributed by atoms with E-state index in [4.69, 9.17) is 0 Å². The van der Waals surface area contributed by atoms with E-state index in [1.54, 1.807) is 30.1 Å². The van der Waals surface area contributed by atoms with Crippen molar-refractivity contribution >= 4 is 23.5 Å². The zero-order valence-corrected chi connectivity index (χ0v) is 15.4. The zero-order chi connectivity index (χ0) is 19.6. The van der Waals surface area contributed by atoms with Gasteiger partial charge >= 0.3 is 5.97 Å². The lowest BCUT2D eigenvalue weighted by atomic mass is 9.98. The van der Waals surface area contributed by atoms with Crippen LogP contribution in [0.15, 0.2) is 48.5 Å². The van der Waals surface area contributed by atoms with E-state index in [1.165, 1.54) is 11.9 Å². The molecule has 0 saturated carbocycles. The predicted octanol–water partition coefficient (Wildman–Crippen LogP) is 2.36. The van der Waals surface area contributed by atoms with Crippen molar-refractivity contribution in [3.63, 3.8) is 0 Å². The molecular formula is C21H22N2O4. The summed E-state index contributed by atoms with van der Waals surface area (Å²) in [6, 6.07) is 13.4. The molecule has 1 aliphatic rings. The largest absolute Gasteiger partial charge is 0.480 e. The minimum atomic E-state index is -1.04. The molecule has 0 fully saturated rings. The Morgan fingerprint density at radius 2 is 1.85 bits per heavy atom. The van der Waals surface area contributed by atoms with Gasteiger partial charge in [0.15, 0.2) is 0 Å². The first-order valence-corrected chi connectivity index (χ1v) is 8.82. The third-order valence-corrected chi connectivity index (χ3v) is 5.01. The Labute approximate surface area is 158 Å². The highest BCUT2D eigenvalue weighted by Crippen LogP contribution is 2.28. The number of carboxylic acid groups (broad SMARTS) is 1. The fourth-order valence-electron chi connectivity index (χ4n) is 3.36. The minimum Gasteiger partial charge on any atom is -0.480 e. The topological polar surface area (TPSA) is 77.9 Å². The number of hydrogen-bond donors (Lipinski definition) is 1. The van der Waals surface area contributed by atoms with Crippen LogP contribution in [-0.4, -0.2) is 47.9 Å². The molecule has 0 saturated heterocycles. The van der Waals surface area contributed by atoms with Crippen LogP contribution in [0.2, 0.25) is 0 Å². The Kier molecular flexibility index (Phi) is 5.26. The average molecular weight is 366 g/mol. The van der Waals surface area contributed by atoms with Crippen LogP contribution in [0.4, 0.5) is 5.69 Å². The molecule has 0 aliphatic carbocycles. The van der Waals surface area contributed by atoms with Gasteiger partial charge < -0.3 is 14.9 Å². The maximum Gasteiger partial charge on any atom is 0.326 e. The van der Waals surface area contributed by atoms with Gasteiger partial charge in [0.25, 0.3) is 5.91 Å². The van der Waals surface area contributed by atoms with Crippen molar-refractivity contribution in [2.75, 3.05) is 19.0 Å². The van der Waals surface area contributed by atoms with Gasteiger partial charge in [0.1, 0.15) is 6.04 Å². The van der Waals surface area contributed by atoms with Gasteiger partial charge in [0.05, 0.1) is 0 Å². The van der Waals surface area contributed by atoms with E-state index in [1.807, 2.05) is 30.3 Å². The summed E-state index contributed by atoms with van der Waals surface area (Å²) in [6.45, 7) is 0. The second kappa shape index (κ2) is 7.61. The predicted molar refractivity (Wildman–Crippen MR) is 102 cm³/mol. The molecule has 1 unspecified atom stereocenters. The van der Waals surface area contributed by atoms with Gasteiger partial charge in [0, 0.05) is 38.2 Å². The number of amides is 2. The van der Waals surface area contributed by atoms with Crippen LogP contribution in [0.3, 0.4) is 0 Å². The highest BCUT2D eigenvalue weighted by Gasteiger charge is 2.29. The van der Waals surface area contributed by atoms with E-state index in [-0.39, 0.29) is 18.2 Å². The standard InChI is InChI=1S/C21H22N2O4/c1-22-17-10-8-16(13-15(17)9-11-19(22)24)20(25)23(2)18(21(26)27)12-14-6-4-3-5-7-14/h3-8,10,13,18H,9,11-12H2,1-2H3,(H,26,27). The number of aliphatic carboxylic acids is 1. The molecule has 1 aliphatic heterocycles. The van der Waals surface area contributed by atoms with E-state index in [2.05, 4.69) is 0 Å². The van der Waals surface area contributed by atoms with E-state index < -0.39 is 12.0 Å². The van der Waals surface area contributed by atoms with Crippen LogP contribution >= 0.6 is 0 Å². The van der Waals surface area contributed by atoms with Gasteiger partial charge in [0.2, 0.25) is 5.91 Å². The van der Waals surface area contributed by atoms with Crippen LogP contribution < -0.4 is 4.90 Å². The van der Waals surface area contributed by atoms with Gasteiger partial charge in [-0.1, -0.05) is 30.3 Å². The molecule has 3 rings (SSSR count). The number of carbonyl (C=O) groups is 3. The highest BCUT2D eigenvalue weighted by molar-refractivity contribution is 5.99. The first-order valence-electron chi connectivity index (χ1n) is 8.82. The van der Waals surface area contributed by atoms with Gasteiger partial charge in [-0.05, 0) is 35.7 Å². The molecule has 2 aromatic rings. The number of benzene rings is 2. The van der Waals surface area contributed by atoms with Gasteiger partial charge in [-0.2, -0.15) is 0 Å². The third kappa shape index (κ3) is 3.84. The lowest BCUT2D eigenvalue weighted by Crippen LogP contribution is -2.44. The summed E-state index contributed by atoms with van der Waals surface area (Å²) in [7, 11) is 3.23. The Hall–Kier alpha value is -3.15. The average Bonchev–Trinajstić information content (AvgIpc) is 2.68. The summed E-state index contributed by atoms with van der Waals surface area (Å²) < 4.78 is 0. The summed E-state index contributed by atoms with van der Waals surface area (Å²) in [5, 5.41) is 9.62. The van der Waals surface area contributed by atoms with Crippen molar-refractivity contribution in [3.05, 3.63) is 65.2 Å². The SMILES string of the molecule is CN1C(=O)CCc2cc(C(=O)N(C)C(Cc3ccccc3)C(=O)O)ccc21. The first-order chi connectivity index (χ1) is 12.9. The molecule has 2 amide bonds. The number of aryl methyl sites for hydroxylation is 1. The Morgan fingerprint density at radius 1 is 1.15 bits per heavy atom. The van der Waals surface area contributed by atoms with E-state index in [0.29, 0.717) is 18.4 Å². The summed E-state index contributed by atoms with van der Waals surface area (Å²) in [5.41, 5.74) is 3.00. The van der Waals surface area contributed by atoms with Crippen LogP contribution in [-0.2, 0) is 22.4 Å². The molecule has 140 valence electrons. The molecule has 1 atom stereocenters. The van der Waals surface area contributed by atoms with Crippen molar-refractivity contribution in [3.8, 4) is 0 Å². The highest BCUT2D eigenvalue weighted by atomic mass is 16.4.